The van der Waals surface area contributed by atoms with Crippen molar-refractivity contribution in [1.29, 1.82) is 0 Å². The molecular weight excluding hydrogens is 308 g/mol. The molecule has 0 spiro atoms. The van der Waals surface area contributed by atoms with E-state index in [1.165, 1.54) is 35.4 Å². The third-order valence-electron chi connectivity index (χ3n) is 3.78. The Morgan fingerprint density at radius 2 is 2.39 bits per heavy atom. The van der Waals surface area contributed by atoms with Crippen molar-refractivity contribution in [3.63, 3.8) is 0 Å². The van der Waals surface area contributed by atoms with Gasteiger partial charge in [0.25, 0.3) is 0 Å². The zero-order valence-corrected chi connectivity index (χ0v) is 13.7. The standard InChI is InChI=1S/C14H23BrN2S/c1-11(2)12-3-5-17(9-12)6-4-16-8-14-7-13(15)10-18-14/h7,10-12,16H,3-6,8-9H2,1-2H3. The van der Waals surface area contributed by atoms with Crippen LogP contribution in [0, 0.1) is 11.8 Å². The quantitative estimate of drug-likeness (QED) is 0.802. The van der Waals surface area contributed by atoms with Gasteiger partial charge in [-0.3, -0.25) is 0 Å². The molecular formula is C14H23BrN2S. The molecule has 1 unspecified atom stereocenters. The van der Waals surface area contributed by atoms with E-state index in [9.17, 15) is 0 Å². The summed E-state index contributed by atoms with van der Waals surface area (Å²) in [6.45, 7) is 10.6. The van der Waals surface area contributed by atoms with Crippen molar-refractivity contribution >= 4 is 27.3 Å². The van der Waals surface area contributed by atoms with Gasteiger partial charge in [-0.15, -0.1) is 11.3 Å². The zero-order valence-electron chi connectivity index (χ0n) is 11.3. The second kappa shape index (κ2) is 7.04. The van der Waals surface area contributed by atoms with Crippen LogP contribution in [0.4, 0.5) is 0 Å². The number of thiophene rings is 1. The Bertz CT molecular complexity index is 364. The predicted molar refractivity (Wildman–Crippen MR) is 83.1 cm³/mol. The van der Waals surface area contributed by atoms with Crippen LogP contribution in [-0.4, -0.2) is 31.1 Å². The molecule has 0 aliphatic carbocycles. The van der Waals surface area contributed by atoms with Crippen LogP contribution in [-0.2, 0) is 6.54 Å². The van der Waals surface area contributed by atoms with Gasteiger partial charge in [-0.2, -0.15) is 0 Å². The smallest absolute Gasteiger partial charge is 0.0300 e. The minimum atomic E-state index is 0.839. The lowest BCUT2D eigenvalue weighted by atomic mass is 9.95. The minimum Gasteiger partial charge on any atom is -0.311 e. The van der Waals surface area contributed by atoms with E-state index in [1.807, 2.05) is 11.3 Å². The SMILES string of the molecule is CC(C)C1CCN(CCNCc2cc(Br)cs2)C1. The van der Waals surface area contributed by atoms with Crippen molar-refractivity contribution in [2.45, 2.75) is 26.8 Å². The minimum absolute atomic E-state index is 0.839. The summed E-state index contributed by atoms with van der Waals surface area (Å²) in [5.74, 6) is 1.75. The van der Waals surface area contributed by atoms with E-state index in [0.29, 0.717) is 0 Å². The van der Waals surface area contributed by atoms with Crippen molar-refractivity contribution in [2.24, 2.45) is 11.8 Å². The van der Waals surface area contributed by atoms with Gasteiger partial charge in [-0.25, -0.2) is 0 Å². The average Bonchev–Trinajstić information content (AvgIpc) is 2.93. The number of nitrogens with one attached hydrogen (secondary N) is 1. The Kier molecular flexibility index (Phi) is 5.67. The van der Waals surface area contributed by atoms with E-state index in [-0.39, 0.29) is 0 Å². The molecule has 1 aromatic heterocycles. The van der Waals surface area contributed by atoms with Gasteiger partial charge >= 0.3 is 0 Å². The highest BCUT2D eigenvalue weighted by Crippen LogP contribution is 2.23. The summed E-state index contributed by atoms with van der Waals surface area (Å²) < 4.78 is 1.20. The first-order chi connectivity index (χ1) is 8.65. The highest BCUT2D eigenvalue weighted by molar-refractivity contribution is 9.10. The Hall–Kier alpha value is 0.1000. The van der Waals surface area contributed by atoms with E-state index in [0.717, 1.165) is 24.9 Å². The molecule has 0 radical (unpaired) electrons. The molecule has 102 valence electrons. The summed E-state index contributed by atoms with van der Waals surface area (Å²) in [7, 11) is 0. The molecule has 2 rings (SSSR count). The van der Waals surface area contributed by atoms with Crippen LogP contribution >= 0.6 is 27.3 Å². The van der Waals surface area contributed by atoms with E-state index in [2.05, 4.69) is 51.4 Å². The fraction of sp³-hybridized carbons (Fsp3) is 0.714. The lowest BCUT2D eigenvalue weighted by molar-refractivity contribution is 0.302. The Morgan fingerprint density at radius 3 is 3.00 bits per heavy atom. The fourth-order valence-corrected chi connectivity index (χ4v) is 3.93. The molecule has 2 nitrogen and oxygen atoms in total. The molecule has 0 amide bonds. The van der Waals surface area contributed by atoms with Crippen molar-refractivity contribution < 1.29 is 0 Å². The van der Waals surface area contributed by atoms with Gasteiger partial charge in [0, 0.05) is 40.9 Å². The number of hydrogen-bond acceptors (Lipinski definition) is 3. The maximum absolute atomic E-state index is 3.53. The summed E-state index contributed by atoms with van der Waals surface area (Å²) in [4.78, 5) is 4.01. The molecule has 1 fully saturated rings. The van der Waals surface area contributed by atoms with E-state index < -0.39 is 0 Å². The normalized spacial score (nSPS) is 21.0. The maximum atomic E-state index is 3.53. The topological polar surface area (TPSA) is 15.3 Å². The maximum Gasteiger partial charge on any atom is 0.0300 e. The monoisotopic (exact) mass is 330 g/mol. The molecule has 2 heterocycles. The van der Waals surface area contributed by atoms with E-state index in [1.54, 1.807) is 0 Å². The van der Waals surface area contributed by atoms with Crippen LogP contribution in [0.15, 0.2) is 15.9 Å². The van der Waals surface area contributed by atoms with Crippen LogP contribution in [0.5, 0.6) is 0 Å². The molecule has 18 heavy (non-hydrogen) atoms. The van der Waals surface area contributed by atoms with Crippen LogP contribution in [0.2, 0.25) is 0 Å². The van der Waals surface area contributed by atoms with Gasteiger partial charge in [0.15, 0.2) is 0 Å². The van der Waals surface area contributed by atoms with Gasteiger partial charge in [0.05, 0.1) is 0 Å². The molecule has 1 saturated heterocycles. The summed E-state index contributed by atoms with van der Waals surface area (Å²) in [5.41, 5.74) is 0. The number of halogens is 1. The fourth-order valence-electron chi connectivity index (χ4n) is 2.51. The van der Waals surface area contributed by atoms with Gasteiger partial charge in [-0.1, -0.05) is 13.8 Å². The first kappa shape index (κ1) is 14.5. The number of nitrogens with zero attached hydrogens (tertiary/aromatic N) is 1. The van der Waals surface area contributed by atoms with Gasteiger partial charge in [0.1, 0.15) is 0 Å². The van der Waals surface area contributed by atoms with Crippen molar-refractivity contribution in [3.05, 3.63) is 20.8 Å². The molecule has 1 aliphatic rings. The average molecular weight is 331 g/mol. The first-order valence-corrected chi connectivity index (χ1v) is 8.48. The predicted octanol–water partition coefficient (Wildman–Crippen LogP) is 3.58. The zero-order chi connectivity index (χ0) is 13.0. The molecule has 1 N–H and O–H groups in total. The van der Waals surface area contributed by atoms with Crippen LogP contribution in [0.1, 0.15) is 25.1 Å². The molecule has 1 aliphatic heterocycles. The highest BCUT2D eigenvalue weighted by atomic mass is 79.9. The summed E-state index contributed by atoms with van der Waals surface area (Å²) in [6, 6.07) is 2.20. The molecule has 1 aromatic rings. The van der Waals surface area contributed by atoms with Crippen LogP contribution in [0.25, 0.3) is 0 Å². The lowest BCUT2D eigenvalue weighted by Crippen LogP contribution is -2.30. The molecule has 0 aromatic carbocycles. The van der Waals surface area contributed by atoms with E-state index in [4.69, 9.17) is 0 Å². The van der Waals surface area contributed by atoms with Crippen LogP contribution < -0.4 is 5.32 Å². The summed E-state index contributed by atoms with van der Waals surface area (Å²) in [6.07, 6.45) is 1.38. The number of hydrogen-bond donors (Lipinski definition) is 1. The van der Waals surface area contributed by atoms with Crippen molar-refractivity contribution in [2.75, 3.05) is 26.2 Å². The van der Waals surface area contributed by atoms with Crippen molar-refractivity contribution in [1.82, 2.24) is 10.2 Å². The highest BCUT2D eigenvalue weighted by Gasteiger charge is 2.23. The number of rotatable bonds is 6. The summed E-state index contributed by atoms with van der Waals surface area (Å²) >= 11 is 5.30. The Balaban J connectivity index is 1.59. The molecule has 4 heteroatoms. The van der Waals surface area contributed by atoms with Crippen LogP contribution in [0.3, 0.4) is 0 Å². The molecule has 1 atom stereocenters. The second-order valence-electron chi connectivity index (χ2n) is 5.50. The van der Waals surface area contributed by atoms with Crippen molar-refractivity contribution in [3.8, 4) is 0 Å². The third kappa shape index (κ3) is 4.34. The first-order valence-electron chi connectivity index (χ1n) is 6.81. The molecule has 0 bridgehead atoms. The van der Waals surface area contributed by atoms with Gasteiger partial charge in [-0.05, 0) is 46.8 Å². The van der Waals surface area contributed by atoms with E-state index >= 15 is 0 Å². The largest absolute Gasteiger partial charge is 0.311 e. The Labute approximate surface area is 123 Å². The van der Waals surface area contributed by atoms with Gasteiger partial charge in [0.2, 0.25) is 0 Å². The second-order valence-corrected chi connectivity index (χ2v) is 7.41. The van der Waals surface area contributed by atoms with Gasteiger partial charge < -0.3 is 10.2 Å². The third-order valence-corrected chi connectivity index (χ3v) is 5.48. The Morgan fingerprint density at radius 1 is 1.56 bits per heavy atom. The molecule has 0 saturated carbocycles. The lowest BCUT2D eigenvalue weighted by Gasteiger charge is -2.17. The number of likely N-dealkylation sites (tertiary alicyclic amines) is 1. The summed E-state index contributed by atoms with van der Waals surface area (Å²) in [5, 5.41) is 5.68.